The van der Waals surface area contributed by atoms with Gasteiger partial charge in [-0.05, 0) is 17.2 Å². The monoisotopic (exact) mass is 202 g/mol. The van der Waals surface area contributed by atoms with E-state index in [1.165, 1.54) is 5.56 Å². The third-order valence-electron chi connectivity index (χ3n) is 2.64. The Labute approximate surface area is 89.6 Å². The molecule has 1 unspecified atom stereocenters. The van der Waals surface area contributed by atoms with Gasteiger partial charge in [0, 0.05) is 12.8 Å². The predicted octanol–water partition coefficient (Wildman–Crippen LogP) is 1.15. The number of nitrogens with one attached hydrogen (secondary N) is 1. The van der Waals surface area contributed by atoms with E-state index in [0.29, 0.717) is 6.42 Å². The van der Waals surface area contributed by atoms with Crippen LogP contribution in [0.3, 0.4) is 0 Å². The number of nitrogens with two attached hydrogens (primary N) is 1. The molecule has 0 amide bonds. The van der Waals surface area contributed by atoms with Crippen molar-refractivity contribution in [2.75, 3.05) is 6.61 Å². The highest BCUT2D eigenvalue weighted by Gasteiger charge is 2.15. The standard InChI is InChI=1S/C12H14N2O/c1-2-3-11(14-13)9-4-5-12-10(8-9)6-7-15-12/h1,4-5,8,11,14H,3,6-7,13H2. The number of terminal acetylenes is 1. The van der Waals surface area contributed by atoms with E-state index in [4.69, 9.17) is 17.0 Å². The van der Waals surface area contributed by atoms with Crippen molar-refractivity contribution in [3.05, 3.63) is 29.3 Å². The first-order valence-corrected chi connectivity index (χ1v) is 5.00. The SMILES string of the molecule is C#CCC(NN)c1ccc2c(c1)CCO2. The van der Waals surface area contributed by atoms with E-state index in [-0.39, 0.29) is 6.04 Å². The zero-order valence-electron chi connectivity index (χ0n) is 8.49. The zero-order valence-corrected chi connectivity index (χ0v) is 8.49. The lowest BCUT2D eigenvalue weighted by molar-refractivity contribution is 0.356. The van der Waals surface area contributed by atoms with Gasteiger partial charge in [0.05, 0.1) is 12.6 Å². The van der Waals surface area contributed by atoms with Gasteiger partial charge in [0.1, 0.15) is 5.75 Å². The fourth-order valence-electron chi connectivity index (χ4n) is 1.81. The molecular formula is C12H14N2O. The minimum Gasteiger partial charge on any atom is -0.493 e. The van der Waals surface area contributed by atoms with Gasteiger partial charge in [0.15, 0.2) is 0 Å². The van der Waals surface area contributed by atoms with Gasteiger partial charge >= 0.3 is 0 Å². The molecule has 15 heavy (non-hydrogen) atoms. The Morgan fingerprint density at radius 3 is 3.20 bits per heavy atom. The zero-order chi connectivity index (χ0) is 10.7. The molecule has 0 saturated carbocycles. The highest BCUT2D eigenvalue weighted by molar-refractivity contribution is 5.41. The number of hydrogen-bond donors (Lipinski definition) is 2. The summed E-state index contributed by atoms with van der Waals surface area (Å²) in [4.78, 5) is 0. The van der Waals surface area contributed by atoms with Crippen LogP contribution in [-0.4, -0.2) is 6.61 Å². The third-order valence-corrected chi connectivity index (χ3v) is 2.64. The molecule has 3 N–H and O–H groups in total. The van der Waals surface area contributed by atoms with Crippen LogP contribution in [0.15, 0.2) is 18.2 Å². The molecule has 0 bridgehead atoms. The van der Waals surface area contributed by atoms with Gasteiger partial charge in [0.2, 0.25) is 0 Å². The van der Waals surface area contributed by atoms with Gasteiger partial charge in [-0.15, -0.1) is 12.3 Å². The van der Waals surface area contributed by atoms with Gasteiger partial charge in [-0.1, -0.05) is 12.1 Å². The lowest BCUT2D eigenvalue weighted by Crippen LogP contribution is -2.27. The fourth-order valence-corrected chi connectivity index (χ4v) is 1.81. The normalized spacial score (nSPS) is 15.2. The molecule has 0 aliphatic carbocycles. The highest BCUT2D eigenvalue weighted by atomic mass is 16.5. The molecule has 3 heteroatoms. The van der Waals surface area contributed by atoms with Crippen molar-refractivity contribution < 1.29 is 4.74 Å². The molecule has 78 valence electrons. The van der Waals surface area contributed by atoms with Crippen LogP contribution < -0.4 is 16.0 Å². The Morgan fingerprint density at radius 1 is 1.60 bits per heavy atom. The van der Waals surface area contributed by atoms with Crippen LogP contribution in [0, 0.1) is 12.3 Å². The maximum Gasteiger partial charge on any atom is 0.122 e. The van der Waals surface area contributed by atoms with E-state index >= 15 is 0 Å². The quantitative estimate of drug-likeness (QED) is 0.439. The molecule has 0 fully saturated rings. The van der Waals surface area contributed by atoms with E-state index < -0.39 is 0 Å². The fraction of sp³-hybridized carbons (Fsp3) is 0.333. The molecule has 2 rings (SSSR count). The molecule has 1 aliphatic heterocycles. The van der Waals surface area contributed by atoms with Crippen LogP contribution in [0.5, 0.6) is 5.75 Å². The number of benzene rings is 1. The van der Waals surface area contributed by atoms with E-state index in [0.717, 1.165) is 24.3 Å². The van der Waals surface area contributed by atoms with Gasteiger partial charge in [-0.2, -0.15) is 0 Å². The second kappa shape index (κ2) is 4.35. The summed E-state index contributed by atoms with van der Waals surface area (Å²) >= 11 is 0. The molecule has 1 aromatic rings. The van der Waals surface area contributed by atoms with Crippen LogP contribution in [0.1, 0.15) is 23.6 Å². The summed E-state index contributed by atoms with van der Waals surface area (Å²) in [7, 11) is 0. The van der Waals surface area contributed by atoms with E-state index in [9.17, 15) is 0 Å². The number of ether oxygens (including phenoxy) is 1. The molecule has 1 atom stereocenters. The molecule has 0 aromatic heterocycles. The van der Waals surface area contributed by atoms with Crippen LogP contribution >= 0.6 is 0 Å². The van der Waals surface area contributed by atoms with Gasteiger partial charge in [-0.25, -0.2) is 0 Å². The lowest BCUT2D eigenvalue weighted by Gasteiger charge is -2.14. The summed E-state index contributed by atoms with van der Waals surface area (Å²) in [5.41, 5.74) is 5.09. The maximum absolute atomic E-state index is 5.46. The van der Waals surface area contributed by atoms with Crippen molar-refractivity contribution in [1.29, 1.82) is 0 Å². The Balaban J connectivity index is 2.25. The number of hydrogen-bond acceptors (Lipinski definition) is 3. The first-order valence-electron chi connectivity index (χ1n) is 5.00. The van der Waals surface area contributed by atoms with Crippen LogP contribution in [0.4, 0.5) is 0 Å². The Hall–Kier alpha value is -1.50. The Morgan fingerprint density at radius 2 is 2.47 bits per heavy atom. The first kappa shape index (κ1) is 10.0. The minimum absolute atomic E-state index is 0.0286. The summed E-state index contributed by atoms with van der Waals surface area (Å²) in [6, 6.07) is 6.13. The van der Waals surface area contributed by atoms with E-state index in [1.807, 2.05) is 12.1 Å². The highest BCUT2D eigenvalue weighted by Crippen LogP contribution is 2.28. The predicted molar refractivity (Wildman–Crippen MR) is 59.2 cm³/mol. The molecule has 1 aliphatic rings. The first-order chi connectivity index (χ1) is 7.35. The molecular weight excluding hydrogens is 188 g/mol. The summed E-state index contributed by atoms with van der Waals surface area (Å²) in [6.45, 7) is 0.772. The second-order valence-electron chi connectivity index (χ2n) is 3.59. The van der Waals surface area contributed by atoms with Gasteiger partial charge in [0.25, 0.3) is 0 Å². The number of fused-ring (bicyclic) bond motifs is 1. The smallest absolute Gasteiger partial charge is 0.122 e. The average Bonchev–Trinajstić information content (AvgIpc) is 2.72. The molecule has 1 heterocycles. The van der Waals surface area contributed by atoms with Crippen molar-refractivity contribution >= 4 is 0 Å². The summed E-state index contributed by atoms with van der Waals surface area (Å²) < 4.78 is 5.43. The van der Waals surface area contributed by atoms with Crippen molar-refractivity contribution in [3.8, 4) is 18.1 Å². The van der Waals surface area contributed by atoms with Crippen molar-refractivity contribution in [1.82, 2.24) is 5.43 Å². The van der Waals surface area contributed by atoms with Crippen molar-refractivity contribution in [2.24, 2.45) is 5.84 Å². The van der Waals surface area contributed by atoms with E-state index in [1.54, 1.807) is 0 Å². The molecule has 3 nitrogen and oxygen atoms in total. The lowest BCUT2D eigenvalue weighted by atomic mass is 10.0. The van der Waals surface area contributed by atoms with Crippen LogP contribution in [0.25, 0.3) is 0 Å². The molecule has 0 spiro atoms. The minimum atomic E-state index is 0.0286. The van der Waals surface area contributed by atoms with Gasteiger partial charge < -0.3 is 4.74 Å². The van der Waals surface area contributed by atoms with E-state index in [2.05, 4.69) is 17.4 Å². The Kier molecular flexibility index (Phi) is 2.91. The topological polar surface area (TPSA) is 47.3 Å². The van der Waals surface area contributed by atoms with Crippen molar-refractivity contribution in [2.45, 2.75) is 18.9 Å². The number of hydrazine groups is 1. The third kappa shape index (κ3) is 1.96. The summed E-state index contributed by atoms with van der Waals surface area (Å²) in [6.07, 6.45) is 6.85. The Bertz CT molecular complexity index is 395. The van der Waals surface area contributed by atoms with Crippen LogP contribution in [0.2, 0.25) is 0 Å². The summed E-state index contributed by atoms with van der Waals surface area (Å²) in [5.74, 6) is 9.05. The molecule has 0 saturated heterocycles. The second-order valence-corrected chi connectivity index (χ2v) is 3.59. The number of rotatable bonds is 3. The van der Waals surface area contributed by atoms with Gasteiger partial charge in [-0.3, -0.25) is 11.3 Å². The molecule has 1 aromatic carbocycles. The maximum atomic E-state index is 5.46. The molecule has 0 radical (unpaired) electrons. The van der Waals surface area contributed by atoms with Crippen molar-refractivity contribution in [3.63, 3.8) is 0 Å². The largest absolute Gasteiger partial charge is 0.493 e. The van der Waals surface area contributed by atoms with Crippen LogP contribution in [-0.2, 0) is 6.42 Å². The average molecular weight is 202 g/mol. The summed E-state index contributed by atoms with van der Waals surface area (Å²) in [5, 5.41) is 0.